The summed E-state index contributed by atoms with van der Waals surface area (Å²) in [7, 11) is 0. The Morgan fingerprint density at radius 3 is 1.94 bits per heavy atom. The molecule has 0 radical (unpaired) electrons. The van der Waals surface area contributed by atoms with Crippen molar-refractivity contribution in [2.45, 2.75) is 18.9 Å². The van der Waals surface area contributed by atoms with Crippen LogP contribution in [0.3, 0.4) is 0 Å². The van der Waals surface area contributed by atoms with Crippen LogP contribution in [0, 0.1) is 0 Å². The molecule has 0 spiro atoms. The van der Waals surface area contributed by atoms with Crippen molar-refractivity contribution in [3.05, 3.63) is 95.6 Å². The molecule has 0 aromatic heterocycles. The number of amides is 3. The molecule has 1 aliphatic rings. The number of carbonyl (C=O) groups excluding carboxylic acids is 3. The van der Waals surface area contributed by atoms with Gasteiger partial charge in [-0.15, -0.1) is 0 Å². The second-order valence-electron chi connectivity index (χ2n) is 7.78. The van der Waals surface area contributed by atoms with Crippen molar-refractivity contribution in [1.82, 2.24) is 10.9 Å². The van der Waals surface area contributed by atoms with Crippen molar-refractivity contribution in [1.29, 1.82) is 0 Å². The van der Waals surface area contributed by atoms with Gasteiger partial charge in [-0.3, -0.25) is 25.2 Å². The molecule has 0 saturated carbocycles. The van der Waals surface area contributed by atoms with Crippen LogP contribution in [0.2, 0.25) is 0 Å². The van der Waals surface area contributed by atoms with Gasteiger partial charge in [0.2, 0.25) is 0 Å². The SMILES string of the molecule is O=C(NNC(=O)c1ccc(OCC2CCCO2)cc1)c1ccc(NC(=O)c2ccccc2)cc1. The summed E-state index contributed by atoms with van der Waals surface area (Å²) in [6.45, 7) is 1.25. The minimum atomic E-state index is -0.481. The summed E-state index contributed by atoms with van der Waals surface area (Å²) in [4.78, 5) is 36.9. The Bertz CT molecular complexity index is 1130. The fourth-order valence-corrected chi connectivity index (χ4v) is 3.42. The van der Waals surface area contributed by atoms with E-state index < -0.39 is 11.8 Å². The molecule has 8 nitrogen and oxygen atoms in total. The van der Waals surface area contributed by atoms with Crippen molar-refractivity contribution in [3.63, 3.8) is 0 Å². The van der Waals surface area contributed by atoms with E-state index in [4.69, 9.17) is 9.47 Å². The van der Waals surface area contributed by atoms with Crippen molar-refractivity contribution in [3.8, 4) is 5.75 Å². The van der Waals surface area contributed by atoms with E-state index in [9.17, 15) is 14.4 Å². The molecule has 0 bridgehead atoms. The van der Waals surface area contributed by atoms with E-state index >= 15 is 0 Å². The highest BCUT2D eigenvalue weighted by molar-refractivity contribution is 6.04. The molecule has 3 aromatic rings. The molecule has 1 saturated heterocycles. The maximum Gasteiger partial charge on any atom is 0.269 e. The number of ether oxygens (including phenoxy) is 2. The molecular weight excluding hydrogens is 434 g/mol. The highest BCUT2D eigenvalue weighted by Crippen LogP contribution is 2.17. The Labute approximate surface area is 197 Å². The first kappa shape index (κ1) is 23.0. The summed E-state index contributed by atoms with van der Waals surface area (Å²) in [6.07, 6.45) is 2.16. The molecule has 3 aromatic carbocycles. The summed E-state index contributed by atoms with van der Waals surface area (Å²) in [5, 5.41) is 2.77. The first-order chi connectivity index (χ1) is 16.6. The fourth-order valence-electron chi connectivity index (χ4n) is 3.42. The smallest absolute Gasteiger partial charge is 0.269 e. The van der Waals surface area contributed by atoms with E-state index in [-0.39, 0.29) is 12.0 Å². The first-order valence-electron chi connectivity index (χ1n) is 11.0. The standard InChI is InChI=1S/C26H25N3O5/c30-24(18-5-2-1-3-6-18)27-21-12-8-19(9-13-21)25(31)28-29-26(32)20-10-14-22(15-11-20)34-17-23-7-4-16-33-23/h1-3,5-6,8-15,23H,4,7,16-17H2,(H,27,30)(H,28,31)(H,29,32). The van der Waals surface area contributed by atoms with E-state index in [1.807, 2.05) is 6.07 Å². The Kier molecular flexibility index (Phi) is 7.52. The van der Waals surface area contributed by atoms with E-state index in [0.29, 0.717) is 34.7 Å². The van der Waals surface area contributed by atoms with E-state index in [0.717, 1.165) is 19.4 Å². The van der Waals surface area contributed by atoms with Gasteiger partial charge in [-0.2, -0.15) is 0 Å². The van der Waals surface area contributed by atoms with Gasteiger partial charge >= 0.3 is 0 Å². The van der Waals surface area contributed by atoms with Gasteiger partial charge in [0, 0.05) is 29.0 Å². The molecule has 1 fully saturated rings. The van der Waals surface area contributed by atoms with Crippen LogP contribution in [-0.2, 0) is 4.74 Å². The van der Waals surface area contributed by atoms with Crippen molar-refractivity contribution < 1.29 is 23.9 Å². The van der Waals surface area contributed by atoms with E-state index in [1.165, 1.54) is 0 Å². The van der Waals surface area contributed by atoms with E-state index in [1.54, 1.807) is 72.8 Å². The summed E-state index contributed by atoms with van der Waals surface area (Å²) in [6, 6.07) is 21.8. The molecule has 1 heterocycles. The van der Waals surface area contributed by atoms with Crippen LogP contribution < -0.4 is 20.9 Å². The van der Waals surface area contributed by atoms with Crippen LogP contribution in [0.25, 0.3) is 0 Å². The van der Waals surface area contributed by atoms with Crippen LogP contribution in [0.4, 0.5) is 5.69 Å². The van der Waals surface area contributed by atoms with Crippen LogP contribution in [0.5, 0.6) is 5.75 Å². The van der Waals surface area contributed by atoms with Crippen LogP contribution >= 0.6 is 0 Å². The third kappa shape index (κ3) is 6.20. The zero-order valence-electron chi connectivity index (χ0n) is 18.5. The lowest BCUT2D eigenvalue weighted by Gasteiger charge is -2.12. The van der Waals surface area contributed by atoms with Gasteiger partial charge in [-0.05, 0) is 73.5 Å². The van der Waals surface area contributed by atoms with Crippen LogP contribution in [0.1, 0.15) is 43.9 Å². The Morgan fingerprint density at radius 1 is 0.765 bits per heavy atom. The molecule has 4 rings (SSSR count). The third-order valence-corrected chi connectivity index (χ3v) is 5.31. The lowest BCUT2D eigenvalue weighted by atomic mass is 10.1. The van der Waals surface area contributed by atoms with Gasteiger partial charge in [0.25, 0.3) is 17.7 Å². The number of carbonyl (C=O) groups is 3. The number of anilines is 1. The minimum Gasteiger partial charge on any atom is -0.491 e. The maximum atomic E-state index is 12.4. The fraction of sp³-hybridized carbons (Fsp3) is 0.192. The number of hydrazine groups is 1. The Morgan fingerprint density at radius 2 is 1.35 bits per heavy atom. The Hall–Kier alpha value is -4.17. The summed E-state index contributed by atoms with van der Waals surface area (Å²) < 4.78 is 11.2. The maximum absolute atomic E-state index is 12.4. The summed E-state index contributed by atoms with van der Waals surface area (Å²) in [5.74, 6) is -0.527. The second-order valence-corrected chi connectivity index (χ2v) is 7.78. The summed E-state index contributed by atoms with van der Waals surface area (Å²) in [5.41, 5.74) is 6.58. The Balaban J connectivity index is 1.24. The molecule has 8 heteroatoms. The largest absolute Gasteiger partial charge is 0.491 e. The number of hydrogen-bond acceptors (Lipinski definition) is 5. The molecule has 174 valence electrons. The predicted octanol–water partition coefficient (Wildman–Crippen LogP) is 3.57. The predicted molar refractivity (Wildman–Crippen MR) is 127 cm³/mol. The van der Waals surface area contributed by atoms with Crippen molar-refractivity contribution in [2.75, 3.05) is 18.5 Å². The normalized spacial score (nSPS) is 14.8. The van der Waals surface area contributed by atoms with Crippen molar-refractivity contribution in [2.24, 2.45) is 0 Å². The number of hydrogen-bond donors (Lipinski definition) is 3. The van der Waals surface area contributed by atoms with Crippen LogP contribution in [-0.4, -0.2) is 37.0 Å². The molecule has 1 aliphatic heterocycles. The first-order valence-corrected chi connectivity index (χ1v) is 11.0. The average molecular weight is 460 g/mol. The highest BCUT2D eigenvalue weighted by atomic mass is 16.5. The number of rotatable bonds is 7. The molecule has 1 unspecified atom stereocenters. The minimum absolute atomic E-state index is 0.118. The zero-order valence-corrected chi connectivity index (χ0v) is 18.5. The van der Waals surface area contributed by atoms with Crippen molar-refractivity contribution >= 4 is 23.4 Å². The molecule has 3 amide bonds. The van der Waals surface area contributed by atoms with Gasteiger partial charge < -0.3 is 14.8 Å². The monoisotopic (exact) mass is 459 g/mol. The topological polar surface area (TPSA) is 106 Å². The lowest BCUT2D eigenvalue weighted by Crippen LogP contribution is -2.41. The van der Waals surface area contributed by atoms with Gasteiger partial charge in [-0.25, -0.2) is 0 Å². The van der Waals surface area contributed by atoms with E-state index in [2.05, 4.69) is 16.2 Å². The van der Waals surface area contributed by atoms with Gasteiger partial charge in [0.05, 0.1) is 6.10 Å². The molecular formula is C26H25N3O5. The molecule has 1 atom stereocenters. The van der Waals surface area contributed by atoms with Gasteiger partial charge in [0.1, 0.15) is 12.4 Å². The zero-order chi connectivity index (χ0) is 23.8. The molecule has 0 aliphatic carbocycles. The number of benzene rings is 3. The third-order valence-electron chi connectivity index (χ3n) is 5.31. The quantitative estimate of drug-likeness (QED) is 0.469. The van der Waals surface area contributed by atoms with Gasteiger partial charge in [-0.1, -0.05) is 18.2 Å². The van der Waals surface area contributed by atoms with Crippen LogP contribution in [0.15, 0.2) is 78.9 Å². The molecule has 3 N–H and O–H groups in total. The second kappa shape index (κ2) is 11.1. The number of nitrogens with one attached hydrogen (secondary N) is 3. The molecule has 34 heavy (non-hydrogen) atoms. The average Bonchev–Trinajstić information content (AvgIpc) is 3.41. The summed E-state index contributed by atoms with van der Waals surface area (Å²) >= 11 is 0. The van der Waals surface area contributed by atoms with Gasteiger partial charge in [0.15, 0.2) is 0 Å². The highest BCUT2D eigenvalue weighted by Gasteiger charge is 2.16. The lowest BCUT2D eigenvalue weighted by molar-refractivity contribution is 0.0679.